The van der Waals surface area contributed by atoms with Crippen molar-refractivity contribution in [3.05, 3.63) is 18.0 Å². The van der Waals surface area contributed by atoms with Crippen molar-refractivity contribution in [1.29, 1.82) is 0 Å². The van der Waals surface area contributed by atoms with Gasteiger partial charge >= 0.3 is 0 Å². The van der Waals surface area contributed by atoms with E-state index in [1.54, 1.807) is 25.0 Å². The van der Waals surface area contributed by atoms with Crippen LogP contribution in [0.1, 0.15) is 38.8 Å². The lowest BCUT2D eigenvalue weighted by Crippen LogP contribution is -2.69. The van der Waals surface area contributed by atoms with Crippen LogP contribution in [-0.4, -0.2) is 41.5 Å². The van der Waals surface area contributed by atoms with Crippen LogP contribution >= 0.6 is 0 Å². The summed E-state index contributed by atoms with van der Waals surface area (Å²) in [5, 5.41) is 10.3. The maximum atomic E-state index is 12.5. The number of ether oxygens (including phenoxy) is 1. The lowest BCUT2D eigenvalue weighted by molar-refractivity contribution is -0.182. The molecule has 0 spiro atoms. The second-order valence-electron chi connectivity index (χ2n) is 6.59. The number of aryl methyl sites for hydroxylation is 1. The maximum Gasteiger partial charge on any atom is 0.242 e. The first-order chi connectivity index (χ1) is 9.75. The van der Waals surface area contributed by atoms with Gasteiger partial charge in [-0.25, -0.2) is 0 Å². The summed E-state index contributed by atoms with van der Waals surface area (Å²) in [4.78, 5) is 12.5. The molecule has 1 saturated carbocycles. The van der Waals surface area contributed by atoms with Gasteiger partial charge in [-0.15, -0.1) is 0 Å². The number of nitrogens with one attached hydrogen (secondary N) is 2. The summed E-state index contributed by atoms with van der Waals surface area (Å²) in [7, 11) is 5.35. The molecule has 0 aliphatic heterocycles. The standard InChI is InChI=1S/C15H26N4O2/c1-14(2)11(7-15(14,3)21-6)18-13(20)12(16-4)10-8-17-19(5)9-10/h8-9,11-12,16H,7H2,1-6H3,(H,18,20). The summed E-state index contributed by atoms with van der Waals surface area (Å²) >= 11 is 0. The van der Waals surface area contributed by atoms with E-state index in [1.165, 1.54) is 0 Å². The Bertz CT molecular complexity index is 525. The monoisotopic (exact) mass is 294 g/mol. The fraction of sp³-hybridized carbons (Fsp3) is 0.733. The van der Waals surface area contributed by atoms with Crippen LogP contribution in [0.2, 0.25) is 0 Å². The molecule has 1 aliphatic rings. The van der Waals surface area contributed by atoms with Crippen LogP contribution in [-0.2, 0) is 16.6 Å². The van der Waals surface area contributed by atoms with Gasteiger partial charge in [0.25, 0.3) is 0 Å². The highest BCUT2D eigenvalue weighted by Crippen LogP contribution is 2.51. The molecule has 0 aromatic carbocycles. The summed E-state index contributed by atoms with van der Waals surface area (Å²) < 4.78 is 7.29. The number of nitrogens with zero attached hydrogens (tertiary/aromatic N) is 2. The molecule has 0 saturated heterocycles. The van der Waals surface area contributed by atoms with Gasteiger partial charge in [-0.3, -0.25) is 9.48 Å². The van der Waals surface area contributed by atoms with E-state index in [1.807, 2.05) is 13.2 Å². The zero-order chi connectivity index (χ0) is 15.8. The second kappa shape index (κ2) is 5.42. The van der Waals surface area contributed by atoms with Crippen molar-refractivity contribution >= 4 is 5.91 Å². The predicted molar refractivity (Wildman–Crippen MR) is 80.8 cm³/mol. The molecule has 1 aromatic rings. The molecule has 2 rings (SSSR count). The van der Waals surface area contributed by atoms with E-state index in [0.29, 0.717) is 0 Å². The van der Waals surface area contributed by atoms with Gasteiger partial charge < -0.3 is 15.4 Å². The van der Waals surface area contributed by atoms with Crippen LogP contribution in [0.4, 0.5) is 0 Å². The Morgan fingerprint density at radius 1 is 1.52 bits per heavy atom. The van der Waals surface area contributed by atoms with Gasteiger partial charge in [0.15, 0.2) is 0 Å². The van der Waals surface area contributed by atoms with E-state index in [0.717, 1.165) is 12.0 Å². The SMILES string of the molecule is CNC(C(=O)NC1CC(C)(OC)C1(C)C)c1cnn(C)c1. The molecule has 0 radical (unpaired) electrons. The number of carbonyl (C=O) groups is 1. The number of carbonyl (C=O) groups excluding carboxylic acids is 1. The van der Waals surface area contributed by atoms with Crippen LogP contribution in [0.25, 0.3) is 0 Å². The largest absolute Gasteiger partial charge is 0.378 e. The molecule has 1 amide bonds. The van der Waals surface area contributed by atoms with Crippen molar-refractivity contribution in [2.45, 2.75) is 44.9 Å². The average molecular weight is 294 g/mol. The highest BCUT2D eigenvalue weighted by atomic mass is 16.5. The molecule has 1 aromatic heterocycles. The molecule has 118 valence electrons. The van der Waals surface area contributed by atoms with E-state index >= 15 is 0 Å². The Kier molecular flexibility index (Phi) is 4.13. The topological polar surface area (TPSA) is 68.2 Å². The number of rotatable bonds is 5. The van der Waals surface area contributed by atoms with E-state index in [4.69, 9.17) is 4.74 Å². The molecular weight excluding hydrogens is 268 g/mol. The minimum Gasteiger partial charge on any atom is -0.378 e. The number of hydrogen-bond acceptors (Lipinski definition) is 4. The van der Waals surface area contributed by atoms with Crippen molar-refractivity contribution in [1.82, 2.24) is 20.4 Å². The summed E-state index contributed by atoms with van der Waals surface area (Å²) in [6, 6.07) is -0.272. The predicted octanol–water partition coefficient (Wildman–Crippen LogP) is 1.00. The average Bonchev–Trinajstić information content (AvgIpc) is 2.85. The van der Waals surface area contributed by atoms with Crippen LogP contribution in [0, 0.1) is 5.41 Å². The number of hydrogen-bond donors (Lipinski definition) is 2. The molecule has 1 heterocycles. The van der Waals surface area contributed by atoms with Crippen LogP contribution < -0.4 is 10.6 Å². The first-order valence-corrected chi connectivity index (χ1v) is 7.26. The van der Waals surface area contributed by atoms with Gasteiger partial charge in [-0.1, -0.05) is 13.8 Å². The number of likely N-dealkylation sites (N-methyl/N-ethyl adjacent to an activating group) is 1. The Balaban J connectivity index is 2.05. The third-order valence-electron chi connectivity index (χ3n) is 5.20. The molecule has 3 unspecified atom stereocenters. The van der Waals surface area contributed by atoms with E-state index in [9.17, 15) is 4.79 Å². The minimum atomic E-state index is -0.385. The fourth-order valence-corrected chi connectivity index (χ4v) is 3.02. The zero-order valence-electron chi connectivity index (χ0n) is 13.7. The van der Waals surface area contributed by atoms with Gasteiger partial charge in [0.1, 0.15) is 6.04 Å². The van der Waals surface area contributed by atoms with Crippen LogP contribution in [0.15, 0.2) is 12.4 Å². The quantitative estimate of drug-likeness (QED) is 0.850. The summed E-state index contributed by atoms with van der Waals surface area (Å²) in [5.41, 5.74) is 0.586. The van der Waals surface area contributed by atoms with Crippen molar-refractivity contribution < 1.29 is 9.53 Å². The van der Waals surface area contributed by atoms with Crippen LogP contribution in [0.3, 0.4) is 0 Å². The highest BCUT2D eigenvalue weighted by molar-refractivity contribution is 5.83. The first kappa shape index (κ1) is 16.0. The Hall–Kier alpha value is -1.40. The second-order valence-corrected chi connectivity index (χ2v) is 6.59. The van der Waals surface area contributed by atoms with E-state index in [2.05, 4.69) is 36.5 Å². The number of methoxy groups -OCH3 is 1. The Morgan fingerprint density at radius 2 is 2.19 bits per heavy atom. The number of aromatic nitrogens is 2. The fourth-order valence-electron chi connectivity index (χ4n) is 3.02. The van der Waals surface area contributed by atoms with Gasteiger partial charge in [0.2, 0.25) is 5.91 Å². The molecule has 6 heteroatoms. The Labute approximate surface area is 126 Å². The summed E-state index contributed by atoms with van der Waals surface area (Å²) in [5.74, 6) is -0.0262. The molecule has 0 bridgehead atoms. The third-order valence-corrected chi connectivity index (χ3v) is 5.20. The Morgan fingerprint density at radius 3 is 2.62 bits per heavy atom. The van der Waals surface area contributed by atoms with Gasteiger partial charge in [-0.05, 0) is 20.4 Å². The molecule has 3 atom stereocenters. The highest BCUT2D eigenvalue weighted by Gasteiger charge is 2.58. The molecule has 1 fully saturated rings. The maximum absolute atomic E-state index is 12.5. The van der Waals surface area contributed by atoms with Gasteiger partial charge in [0.05, 0.1) is 11.8 Å². The third kappa shape index (κ3) is 2.58. The minimum absolute atomic E-state index is 0.0262. The van der Waals surface area contributed by atoms with Crippen molar-refractivity contribution in [2.75, 3.05) is 14.2 Å². The molecule has 21 heavy (non-hydrogen) atoms. The summed E-state index contributed by atoms with van der Waals surface area (Å²) in [6.45, 7) is 6.35. The van der Waals surface area contributed by atoms with Gasteiger partial charge in [-0.2, -0.15) is 5.10 Å². The zero-order valence-corrected chi connectivity index (χ0v) is 13.7. The van der Waals surface area contributed by atoms with Gasteiger partial charge in [0, 0.05) is 37.4 Å². The van der Waals surface area contributed by atoms with Crippen molar-refractivity contribution in [2.24, 2.45) is 12.5 Å². The molecule has 2 N–H and O–H groups in total. The molecule has 6 nitrogen and oxygen atoms in total. The lowest BCUT2D eigenvalue weighted by Gasteiger charge is -2.59. The summed E-state index contributed by atoms with van der Waals surface area (Å²) in [6.07, 6.45) is 4.39. The first-order valence-electron chi connectivity index (χ1n) is 7.26. The van der Waals surface area contributed by atoms with E-state index < -0.39 is 0 Å². The molecule has 1 aliphatic carbocycles. The normalized spacial score (nSPS) is 28.8. The molecular formula is C15H26N4O2. The lowest BCUT2D eigenvalue weighted by atomic mass is 9.56. The number of amides is 1. The smallest absolute Gasteiger partial charge is 0.242 e. The van der Waals surface area contributed by atoms with Crippen molar-refractivity contribution in [3.8, 4) is 0 Å². The van der Waals surface area contributed by atoms with E-state index in [-0.39, 0.29) is 29.0 Å². The van der Waals surface area contributed by atoms with Crippen molar-refractivity contribution in [3.63, 3.8) is 0 Å². The van der Waals surface area contributed by atoms with Crippen LogP contribution in [0.5, 0.6) is 0 Å².